The Kier molecular flexibility index (Phi) is 5.87. The Labute approximate surface area is 160 Å². The molecule has 7 nitrogen and oxygen atoms in total. The minimum atomic E-state index is -4.58. The van der Waals surface area contributed by atoms with E-state index in [0.29, 0.717) is 6.07 Å². The number of likely N-dealkylation sites (tertiary alicyclic amines) is 1. The van der Waals surface area contributed by atoms with Crippen LogP contribution in [0.1, 0.15) is 39.2 Å². The van der Waals surface area contributed by atoms with Gasteiger partial charge in [0.15, 0.2) is 0 Å². The molecule has 2 rings (SSSR count). The van der Waals surface area contributed by atoms with Crippen molar-refractivity contribution in [3.63, 3.8) is 0 Å². The molecule has 1 aromatic heterocycles. The van der Waals surface area contributed by atoms with Crippen LogP contribution in [0.4, 0.5) is 23.8 Å². The molecular weight excluding hydrogens is 377 g/mol. The van der Waals surface area contributed by atoms with E-state index >= 15 is 0 Å². The van der Waals surface area contributed by atoms with Gasteiger partial charge in [0.1, 0.15) is 16.8 Å². The average Bonchev–Trinajstić information content (AvgIpc) is 2.59. The van der Waals surface area contributed by atoms with Crippen molar-refractivity contribution >= 4 is 17.8 Å². The molecule has 0 saturated carbocycles. The standard InChI is InChI=1S/C18H21F3N4O3/c1-16(2,3)28-15(27)25-8-5-17(11-22,6-9-25)14(26)24-13-10-12(4-7-23-13)18(19,20)21/h4,7,10H,5-6,8-9H2,1-3H3,(H,23,24,26). The van der Waals surface area contributed by atoms with Crippen LogP contribution in [-0.4, -0.2) is 40.6 Å². The van der Waals surface area contributed by atoms with Crippen LogP contribution < -0.4 is 5.32 Å². The van der Waals surface area contributed by atoms with Gasteiger partial charge >= 0.3 is 12.3 Å². The van der Waals surface area contributed by atoms with Gasteiger partial charge in [-0.15, -0.1) is 0 Å². The molecule has 1 N–H and O–H groups in total. The molecule has 2 heterocycles. The fourth-order valence-electron chi connectivity index (χ4n) is 2.70. The number of ether oxygens (including phenoxy) is 1. The third kappa shape index (κ3) is 5.12. The SMILES string of the molecule is CC(C)(C)OC(=O)N1CCC(C#N)(C(=O)Nc2cc(C(F)(F)F)ccn2)CC1. The number of pyridine rings is 1. The van der Waals surface area contributed by atoms with E-state index in [-0.39, 0.29) is 31.7 Å². The van der Waals surface area contributed by atoms with Crippen LogP contribution in [0.2, 0.25) is 0 Å². The molecule has 0 spiro atoms. The van der Waals surface area contributed by atoms with Crippen LogP contribution in [-0.2, 0) is 15.7 Å². The molecule has 152 valence electrons. The fraction of sp³-hybridized carbons (Fsp3) is 0.556. The molecule has 2 amide bonds. The number of anilines is 1. The Morgan fingerprint density at radius 2 is 1.89 bits per heavy atom. The largest absolute Gasteiger partial charge is 0.444 e. The van der Waals surface area contributed by atoms with E-state index < -0.39 is 34.8 Å². The van der Waals surface area contributed by atoms with Crippen molar-refractivity contribution < 1.29 is 27.5 Å². The fourth-order valence-corrected chi connectivity index (χ4v) is 2.70. The topological polar surface area (TPSA) is 95.3 Å². The van der Waals surface area contributed by atoms with Gasteiger partial charge in [0.2, 0.25) is 5.91 Å². The van der Waals surface area contributed by atoms with Crippen LogP contribution in [0, 0.1) is 16.7 Å². The number of halogens is 3. The molecule has 1 aliphatic rings. The Hall–Kier alpha value is -2.83. The average molecular weight is 398 g/mol. The molecular formula is C18H21F3N4O3. The molecule has 1 aromatic rings. The van der Waals surface area contributed by atoms with Crippen molar-refractivity contribution in [3.8, 4) is 6.07 Å². The minimum absolute atomic E-state index is 0.0353. The second-order valence-electron chi connectivity index (χ2n) is 7.54. The van der Waals surface area contributed by atoms with E-state index in [2.05, 4.69) is 10.3 Å². The van der Waals surface area contributed by atoms with Gasteiger partial charge in [0.05, 0.1) is 11.6 Å². The zero-order valence-corrected chi connectivity index (χ0v) is 15.8. The van der Waals surface area contributed by atoms with Crippen molar-refractivity contribution in [3.05, 3.63) is 23.9 Å². The van der Waals surface area contributed by atoms with Gasteiger partial charge < -0.3 is 15.0 Å². The van der Waals surface area contributed by atoms with E-state index in [1.54, 1.807) is 20.8 Å². The number of nitriles is 1. The first-order valence-electron chi connectivity index (χ1n) is 8.60. The summed E-state index contributed by atoms with van der Waals surface area (Å²) in [6, 6.07) is 3.44. The highest BCUT2D eigenvalue weighted by molar-refractivity contribution is 5.96. The highest BCUT2D eigenvalue weighted by atomic mass is 19.4. The molecule has 0 aliphatic carbocycles. The van der Waals surface area contributed by atoms with Crippen molar-refractivity contribution in [2.24, 2.45) is 5.41 Å². The maximum Gasteiger partial charge on any atom is 0.416 e. The summed E-state index contributed by atoms with van der Waals surface area (Å²) in [6.07, 6.45) is -4.11. The molecule has 1 aliphatic heterocycles. The van der Waals surface area contributed by atoms with Gasteiger partial charge in [0, 0.05) is 19.3 Å². The van der Waals surface area contributed by atoms with Gasteiger partial charge in [-0.3, -0.25) is 4.79 Å². The Bertz CT molecular complexity index is 788. The third-order valence-corrected chi connectivity index (χ3v) is 4.25. The summed E-state index contributed by atoms with van der Waals surface area (Å²) in [7, 11) is 0. The molecule has 28 heavy (non-hydrogen) atoms. The maximum absolute atomic E-state index is 12.8. The maximum atomic E-state index is 12.8. The molecule has 1 fully saturated rings. The summed E-state index contributed by atoms with van der Waals surface area (Å²) in [6.45, 7) is 5.41. The molecule has 0 aromatic carbocycles. The number of carbonyl (C=O) groups excluding carboxylic acids is 2. The number of piperidine rings is 1. The number of alkyl halides is 3. The summed E-state index contributed by atoms with van der Waals surface area (Å²) in [5.41, 5.74) is -3.09. The van der Waals surface area contributed by atoms with Crippen molar-refractivity contribution in [1.29, 1.82) is 5.26 Å². The number of carbonyl (C=O) groups is 2. The van der Waals surface area contributed by atoms with Crippen molar-refractivity contribution in [2.75, 3.05) is 18.4 Å². The summed E-state index contributed by atoms with van der Waals surface area (Å²) < 4.78 is 43.7. The minimum Gasteiger partial charge on any atom is -0.444 e. The van der Waals surface area contributed by atoms with Crippen molar-refractivity contribution in [1.82, 2.24) is 9.88 Å². The second kappa shape index (κ2) is 7.66. The first kappa shape index (κ1) is 21.5. The molecule has 1 saturated heterocycles. The first-order valence-corrected chi connectivity index (χ1v) is 8.60. The summed E-state index contributed by atoms with van der Waals surface area (Å²) >= 11 is 0. The molecule has 10 heteroatoms. The van der Waals surface area contributed by atoms with Gasteiger partial charge in [-0.1, -0.05) is 0 Å². The zero-order valence-electron chi connectivity index (χ0n) is 15.8. The predicted molar refractivity (Wildman–Crippen MR) is 93.0 cm³/mol. The Morgan fingerprint density at radius 3 is 2.39 bits per heavy atom. The van der Waals surface area contributed by atoms with Gasteiger partial charge in [-0.25, -0.2) is 9.78 Å². The van der Waals surface area contributed by atoms with Crippen LogP contribution in [0.5, 0.6) is 0 Å². The van der Waals surface area contributed by atoms with Crippen LogP contribution in [0.25, 0.3) is 0 Å². The van der Waals surface area contributed by atoms with Crippen LogP contribution >= 0.6 is 0 Å². The number of nitrogens with one attached hydrogen (secondary N) is 1. The monoisotopic (exact) mass is 398 g/mol. The number of amides is 2. The number of hydrogen-bond donors (Lipinski definition) is 1. The molecule has 0 radical (unpaired) electrons. The van der Waals surface area contributed by atoms with E-state index in [9.17, 15) is 28.0 Å². The summed E-state index contributed by atoms with van der Waals surface area (Å²) in [4.78, 5) is 29.8. The third-order valence-electron chi connectivity index (χ3n) is 4.25. The lowest BCUT2D eigenvalue weighted by Gasteiger charge is -2.36. The quantitative estimate of drug-likeness (QED) is 0.822. The highest BCUT2D eigenvalue weighted by Gasteiger charge is 2.43. The van der Waals surface area contributed by atoms with Gasteiger partial charge in [0.25, 0.3) is 0 Å². The Morgan fingerprint density at radius 1 is 1.29 bits per heavy atom. The molecule has 0 unspecified atom stereocenters. The Balaban J connectivity index is 2.07. The van der Waals surface area contributed by atoms with E-state index in [1.165, 1.54) is 4.90 Å². The lowest BCUT2D eigenvalue weighted by Crippen LogP contribution is -2.48. The second-order valence-corrected chi connectivity index (χ2v) is 7.54. The summed E-state index contributed by atoms with van der Waals surface area (Å²) in [5.74, 6) is -1.03. The number of nitrogens with zero attached hydrogens (tertiary/aromatic N) is 3. The smallest absolute Gasteiger partial charge is 0.416 e. The lowest BCUT2D eigenvalue weighted by atomic mass is 9.79. The number of rotatable bonds is 2. The van der Waals surface area contributed by atoms with Gasteiger partial charge in [-0.2, -0.15) is 18.4 Å². The van der Waals surface area contributed by atoms with Gasteiger partial charge in [-0.05, 0) is 45.7 Å². The molecule has 0 atom stereocenters. The highest BCUT2D eigenvalue weighted by Crippen LogP contribution is 2.34. The van der Waals surface area contributed by atoms with Crippen molar-refractivity contribution in [2.45, 2.75) is 45.4 Å². The summed E-state index contributed by atoms with van der Waals surface area (Å²) in [5, 5.41) is 11.8. The molecule has 0 bridgehead atoms. The first-order chi connectivity index (χ1) is 12.9. The number of hydrogen-bond acceptors (Lipinski definition) is 5. The van der Waals surface area contributed by atoms with Crippen LogP contribution in [0.3, 0.4) is 0 Å². The lowest BCUT2D eigenvalue weighted by molar-refractivity contribution is -0.137. The number of aromatic nitrogens is 1. The normalized spacial score (nSPS) is 16.8. The van der Waals surface area contributed by atoms with E-state index in [0.717, 1.165) is 12.3 Å². The predicted octanol–water partition coefficient (Wildman–Crippen LogP) is 3.58. The van der Waals surface area contributed by atoms with E-state index in [4.69, 9.17) is 4.74 Å². The van der Waals surface area contributed by atoms with E-state index in [1.807, 2.05) is 6.07 Å². The zero-order chi connectivity index (χ0) is 21.2. The van der Waals surface area contributed by atoms with Crippen LogP contribution in [0.15, 0.2) is 18.3 Å².